The summed E-state index contributed by atoms with van der Waals surface area (Å²) in [6.45, 7) is 4.68. The number of rotatable bonds is 4. The zero-order chi connectivity index (χ0) is 15.8. The molecule has 0 saturated carbocycles. The van der Waals surface area contributed by atoms with Crippen molar-refractivity contribution in [3.63, 3.8) is 0 Å². The van der Waals surface area contributed by atoms with Crippen molar-refractivity contribution in [1.82, 2.24) is 0 Å². The van der Waals surface area contributed by atoms with Crippen LogP contribution >= 0.6 is 0 Å². The topological polar surface area (TPSA) is 0 Å². The molecule has 2 aromatic carbocycles. The van der Waals surface area contributed by atoms with E-state index in [1.165, 1.54) is 24.0 Å². The third-order valence-electron chi connectivity index (χ3n) is 5.22. The number of halogens is 2. The molecule has 25 heavy (non-hydrogen) atoms. The van der Waals surface area contributed by atoms with E-state index < -0.39 is 23.2 Å². The molecule has 2 aromatic rings. The van der Waals surface area contributed by atoms with Crippen LogP contribution in [-0.4, -0.2) is 0 Å². The predicted molar refractivity (Wildman–Crippen MR) is 94.9 cm³/mol. The molecule has 3 heteroatoms. The predicted octanol–water partition coefficient (Wildman–Crippen LogP) is 0.174. The molecule has 0 radical (unpaired) electrons. The second kappa shape index (κ2) is 8.85. The quantitative estimate of drug-likeness (QED) is 0.626. The molecule has 0 bridgehead atoms. The summed E-state index contributed by atoms with van der Waals surface area (Å²) in [6.07, 6.45) is 7.51. The summed E-state index contributed by atoms with van der Waals surface area (Å²) in [5.41, 5.74) is 6.07. The van der Waals surface area contributed by atoms with Gasteiger partial charge in [-0.05, 0) is 0 Å². The van der Waals surface area contributed by atoms with E-state index in [1.807, 2.05) is 0 Å². The van der Waals surface area contributed by atoms with Gasteiger partial charge >= 0.3 is 151 Å². The second-order valence-electron chi connectivity index (χ2n) is 6.50. The molecular weight excluding hydrogens is 426 g/mol. The molecule has 0 nitrogen and oxygen atoms in total. The van der Waals surface area contributed by atoms with Gasteiger partial charge in [0.05, 0.1) is 0 Å². The van der Waals surface area contributed by atoms with Crippen LogP contribution in [0.2, 0.25) is 0 Å². The number of benzene rings is 2. The van der Waals surface area contributed by atoms with Gasteiger partial charge in [0, 0.05) is 0 Å². The van der Waals surface area contributed by atoms with E-state index in [-0.39, 0.29) is 24.8 Å². The van der Waals surface area contributed by atoms with Crippen LogP contribution in [0.15, 0.2) is 55.1 Å². The van der Waals surface area contributed by atoms with Crippen molar-refractivity contribution in [3.05, 3.63) is 77.3 Å². The Morgan fingerprint density at radius 2 is 1.08 bits per heavy atom. The molecule has 0 saturated heterocycles. The Bertz CT molecular complexity index is 740. The molecule has 0 heterocycles. The minimum atomic E-state index is -0.691. The van der Waals surface area contributed by atoms with E-state index in [1.54, 1.807) is 17.7 Å². The van der Waals surface area contributed by atoms with E-state index in [0.29, 0.717) is 11.8 Å². The molecule has 0 aromatic heterocycles. The van der Waals surface area contributed by atoms with E-state index in [4.69, 9.17) is 0 Å². The second-order valence-corrected chi connectivity index (χ2v) is 9.96. The molecule has 0 aliphatic heterocycles. The van der Waals surface area contributed by atoms with Gasteiger partial charge in [-0.15, -0.1) is 0 Å². The standard InChI is InChI=1S/2C11H11.2ClH.Zr/c2*1-2-9-7-8-10-5-3-4-6-11(9)10;;;/h2*3-6,8-9H,2H2,1H3;2*1H;/q;;;;+2/p-2. The maximum Gasteiger partial charge on any atom is -1.00 e. The third-order valence-corrected chi connectivity index (χ3v) is 9.06. The van der Waals surface area contributed by atoms with E-state index in [2.05, 4.69) is 74.5 Å². The monoisotopic (exact) mass is 446 g/mol. The van der Waals surface area contributed by atoms with Crippen LogP contribution in [-0.2, 0) is 23.2 Å². The summed E-state index contributed by atoms with van der Waals surface area (Å²) < 4.78 is 3.55. The van der Waals surface area contributed by atoms with Gasteiger partial charge in [-0.25, -0.2) is 0 Å². The maximum atomic E-state index is 2.52. The fourth-order valence-electron chi connectivity index (χ4n) is 4.08. The summed E-state index contributed by atoms with van der Waals surface area (Å²) >= 11 is -0.691. The first-order valence-electron chi connectivity index (χ1n) is 8.69. The summed E-state index contributed by atoms with van der Waals surface area (Å²) in [7, 11) is 0. The van der Waals surface area contributed by atoms with Crippen molar-refractivity contribution in [2.75, 3.05) is 0 Å². The van der Waals surface area contributed by atoms with Crippen LogP contribution in [0.3, 0.4) is 0 Å². The summed E-state index contributed by atoms with van der Waals surface area (Å²) in [4.78, 5) is 0. The SMILES string of the molecule is CCC1[C]([Zr+2][C]2=Cc3ccccc3C2CC)=Cc2ccccc21.[Cl-].[Cl-]. The number of allylic oxidation sites excluding steroid dienone is 2. The van der Waals surface area contributed by atoms with Crippen LogP contribution in [0.1, 0.15) is 60.8 Å². The van der Waals surface area contributed by atoms with Crippen LogP contribution in [0.5, 0.6) is 0 Å². The smallest absolute Gasteiger partial charge is 1.00 e. The third kappa shape index (κ3) is 3.75. The van der Waals surface area contributed by atoms with Gasteiger partial charge in [-0.3, -0.25) is 0 Å². The van der Waals surface area contributed by atoms with Crippen molar-refractivity contribution in [1.29, 1.82) is 0 Å². The Hall–Kier alpha value is -0.617. The first-order chi connectivity index (χ1) is 11.3. The molecule has 0 N–H and O–H groups in total. The zero-order valence-corrected chi connectivity index (χ0v) is 18.6. The Labute approximate surface area is 175 Å². The van der Waals surface area contributed by atoms with Crippen molar-refractivity contribution >= 4 is 12.2 Å². The minimum Gasteiger partial charge on any atom is -1.00 e. The molecule has 4 rings (SSSR count). The first kappa shape index (κ1) is 20.7. The van der Waals surface area contributed by atoms with Crippen molar-refractivity contribution in [2.24, 2.45) is 0 Å². The fraction of sp³-hybridized carbons (Fsp3) is 0.273. The average molecular weight is 449 g/mol. The molecule has 0 amide bonds. The van der Waals surface area contributed by atoms with Crippen molar-refractivity contribution < 1.29 is 48.0 Å². The fourth-order valence-corrected chi connectivity index (χ4v) is 8.65. The molecular formula is C22H22Cl2Zr. The molecule has 2 aliphatic rings. The number of hydrogen-bond donors (Lipinski definition) is 0. The van der Waals surface area contributed by atoms with Gasteiger partial charge in [-0.1, -0.05) is 0 Å². The van der Waals surface area contributed by atoms with E-state index >= 15 is 0 Å². The van der Waals surface area contributed by atoms with Gasteiger partial charge in [0.2, 0.25) is 0 Å². The zero-order valence-electron chi connectivity index (χ0n) is 14.6. The molecule has 2 aliphatic carbocycles. The molecule has 0 spiro atoms. The van der Waals surface area contributed by atoms with Gasteiger partial charge in [0.15, 0.2) is 0 Å². The first-order valence-corrected chi connectivity index (χ1v) is 11.2. The maximum absolute atomic E-state index is 2.52. The van der Waals surface area contributed by atoms with Crippen molar-refractivity contribution in [2.45, 2.75) is 38.5 Å². The average Bonchev–Trinajstić information content (AvgIpc) is 3.11. The van der Waals surface area contributed by atoms with Crippen LogP contribution in [0, 0.1) is 0 Å². The Morgan fingerprint density at radius 3 is 1.48 bits per heavy atom. The molecule has 2 atom stereocenters. The number of fused-ring (bicyclic) bond motifs is 2. The van der Waals surface area contributed by atoms with Gasteiger partial charge in [0.25, 0.3) is 0 Å². The molecule has 0 fully saturated rings. The Balaban J connectivity index is 0.00000113. The molecule has 2 unspecified atom stereocenters. The van der Waals surface area contributed by atoms with E-state index in [9.17, 15) is 0 Å². The largest absolute Gasteiger partial charge is 1.00 e. The molecule has 128 valence electrons. The normalized spacial score (nSPS) is 19.6. The summed E-state index contributed by atoms with van der Waals surface area (Å²) in [6, 6.07) is 18.0. The Kier molecular flexibility index (Phi) is 7.33. The van der Waals surface area contributed by atoms with E-state index in [0.717, 1.165) is 0 Å². The van der Waals surface area contributed by atoms with Gasteiger partial charge in [0.1, 0.15) is 0 Å². The Morgan fingerprint density at radius 1 is 0.680 bits per heavy atom. The van der Waals surface area contributed by atoms with Gasteiger partial charge in [-0.2, -0.15) is 0 Å². The number of hydrogen-bond acceptors (Lipinski definition) is 0. The van der Waals surface area contributed by atoms with Crippen LogP contribution < -0.4 is 24.8 Å². The van der Waals surface area contributed by atoms with Crippen LogP contribution in [0.4, 0.5) is 0 Å². The summed E-state index contributed by atoms with van der Waals surface area (Å²) in [5, 5.41) is 0. The minimum absolute atomic E-state index is 0. The van der Waals surface area contributed by atoms with Crippen LogP contribution in [0.25, 0.3) is 12.2 Å². The van der Waals surface area contributed by atoms with Gasteiger partial charge < -0.3 is 24.8 Å². The van der Waals surface area contributed by atoms with Crippen molar-refractivity contribution in [3.8, 4) is 0 Å². The summed E-state index contributed by atoms with van der Waals surface area (Å²) in [5.74, 6) is 1.36.